The molecule has 0 radical (unpaired) electrons. The standard InChI is InChI=1S/C12H23N3O5/c1-4-6(2)9(13)11(18)15-8(5-16)10(17)14-7(3)12(19)20/h6-9,16H,4-5,13H2,1-3H3,(H,14,17)(H,15,18)(H,19,20). The summed E-state index contributed by atoms with van der Waals surface area (Å²) >= 11 is 0. The lowest BCUT2D eigenvalue weighted by Gasteiger charge is -2.22. The monoisotopic (exact) mass is 289 g/mol. The van der Waals surface area contributed by atoms with Gasteiger partial charge in [0.1, 0.15) is 12.1 Å². The third-order valence-corrected chi connectivity index (χ3v) is 3.10. The van der Waals surface area contributed by atoms with Crippen molar-refractivity contribution in [3.8, 4) is 0 Å². The lowest BCUT2D eigenvalue weighted by Crippen LogP contribution is -2.56. The Hall–Kier alpha value is -1.67. The van der Waals surface area contributed by atoms with Gasteiger partial charge in [0.25, 0.3) is 0 Å². The van der Waals surface area contributed by atoms with Crippen LogP contribution in [0, 0.1) is 5.92 Å². The maximum absolute atomic E-state index is 11.8. The molecular formula is C12H23N3O5. The van der Waals surface area contributed by atoms with E-state index in [0.29, 0.717) is 6.42 Å². The summed E-state index contributed by atoms with van der Waals surface area (Å²) in [4.78, 5) is 34.1. The van der Waals surface area contributed by atoms with Crippen LogP contribution < -0.4 is 16.4 Å². The summed E-state index contributed by atoms with van der Waals surface area (Å²) in [6.45, 7) is 4.31. The van der Waals surface area contributed by atoms with Crippen LogP contribution in [0.1, 0.15) is 27.2 Å². The van der Waals surface area contributed by atoms with Gasteiger partial charge in [0.2, 0.25) is 11.8 Å². The quantitative estimate of drug-likeness (QED) is 0.365. The van der Waals surface area contributed by atoms with Gasteiger partial charge in [-0.2, -0.15) is 0 Å². The maximum Gasteiger partial charge on any atom is 0.325 e. The molecule has 4 atom stereocenters. The molecule has 0 aliphatic heterocycles. The molecule has 0 spiro atoms. The lowest BCUT2D eigenvalue weighted by molar-refractivity contribution is -0.142. The number of hydrogen-bond acceptors (Lipinski definition) is 5. The normalized spacial score (nSPS) is 16.6. The molecule has 8 nitrogen and oxygen atoms in total. The molecule has 0 saturated carbocycles. The minimum absolute atomic E-state index is 0.0738. The van der Waals surface area contributed by atoms with Crippen LogP contribution in [0.25, 0.3) is 0 Å². The Bertz CT molecular complexity index is 361. The summed E-state index contributed by atoms with van der Waals surface area (Å²) in [5.41, 5.74) is 5.70. The molecule has 0 fully saturated rings. The van der Waals surface area contributed by atoms with Crippen molar-refractivity contribution in [2.24, 2.45) is 11.7 Å². The van der Waals surface area contributed by atoms with E-state index < -0.39 is 42.5 Å². The van der Waals surface area contributed by atoms with Crippen molar-refractivity contribution in [2.75, 3.05) is 6.61 Å². The van der Waals surface area contributed by atoms with Gasteiger partial charge >= 0.3 is 5.97 Å². The first-order valence-corrected chi connectivity index (χ1v) is 6.44. The van der Waals surface area contributed by atoms with Crippen LogP contribution >= 0.6 is 0 Å². The fourth-order valence-electron chi connectivity index (χ4n) is 1.35. The average Bonchev–Trinajstić information content (AvgIpc) is 2.41. The van der Waals surface area contributed by atoms with E-state index in [4.69, 9.17) is 15.9 Å². The third kappa shape index (κ3) is 5.54. The lowest BCUT2D eigenvalue weighted by atomic mass is 9.99. The van der Waals surface area contributed by atoms with Crippen molar-refractivity contribution in [3.63, 3.8) is 0 Å². The summed E-state index contributed by atoms with van der Waals surface area (Å²) in [6, 6.07) is -3.13. The Morgan fingerprint density at radius 3 is 2.10 bits per heavy atom. The first-order valence-electron chi connectivity index (χ1n) is 6.44. The number of carboxylic acids is 1. The number of carboxylic acid groups (broad SMARTS) is 1. The van der Waals surface area contributed by atoms with Crippen molar-refractivity contribution in [2.45, 2.75) is 45.3 Å². The molecule has 0 aromatic carbocycles. The van der Waals surface area contributed by atoms with Gasteiger partial charge in [0, 0.05) is 0 Å². The molecule has 2 amide bonds. The second-order valence-electron chi connectivity index (χ2n) is 4.72. The molecule has 0 rings (SSSR count). The van der Waals surface area contributed by atoms with Gasteiger partial charge in [-0.25, -0.2) is 0 Å². The molecule has 0 saturated heterocycles. The number of rotatable bonds is 8. The summed E-state index contributed by atoms with van der Waals surface area (Å²) in [6.07, 6.45) is 0.695. The first-order chi connectivity index (χ1) is 9.24. The Balaban J connectivity index is 4.58. The molecule has 4 unspecified atom stereocenters. The van der Waals surface area contributed by atoms with Crippen molar-refractivity contribution in [3.05, 3.63) is 0 Å². The maximum atomic E-state index is 11.8. The summed E-state index contributed by atoms with van der Waals surface area (Å²) in [5.74, 6) is -2.61. The smallest absolute Gasteiger partial charge is 0.325 e. The number of carbonyl (C=O) groups is 3. The van der Waals surface area contributed by atoms with Gasteiger partial charge in [-0.1, -0.05) is 20.3 Å². The Labute approximate surface area is 117 Å². The van der Waals surface area contributed by atoms with Gasteiger partial charge in [-0.05, 0) is 12.8 Å². The van der Waals surface area contributed by atoms with Gasteiger partial charge in [-0.15, -0.1) is 0 Å². The second-order valence-corrected chi connectivity index (χ2v) is 4.72. The minimum atomic E-state index is -1.22. The van der Waals surface area contributed by atoms with Gasteiger partial charge < -0.3 is 26.6 Å². The van der Waals surface area contributed by atoms with E-state index in [9.17, 15) is 14.4 Å². The van der Waals surface area contributed by atoms with Crippen LogP contribution in [-0.2, 0) is 14.4 Å². The van der Waals surface area contributed by atoms with Crippen LogP contribution in [0.15, 0.2) is 0 Å². The number of aliphatic hydroxyl groups is 1. The van der Waals surface area contributed by atoms with Gasteiger partial charge in [0.05, 0.1) is 12.6 Å². The van der Waals surface area contributed by atoms with E-state index in [1.165, 1.54) is 6.92 Å². The number of hydrogen-bond donors (Lipinski definition) is 5. The molecule has 20 heavy (non-hydrogen) atoms. The first kappa shape index (κ1) is 18.3. The molecule has 8 heteroatoms. The molecule has 0 heterocycles. The fourth-order valence-corrected chi connectivity index (χ4v) is 1.35. The average molecular weight is 289 g/mol. The Kier molecular flexibility index (Phi) is 7.78. The van der Waals surface area contributed by atoms with E-state index in [1.807, 2.05) is 6.92 Å². The van der Waals surface area contributed by atoms with E-state index in [1.54, 1.807) is 6.92 Å². The van der Waals surface area contributed by atoms with E-state index >= 15 is 0 Å². The number of nitrogens with two attached hydrogens (primary N) is 1. The van der Waals surface area contributed by atoms with Crippen LogP contribution in [0.2, 0.25) is 0 Å². The molecule has 0 aliphatic rings. The predicted molar refractivity (Wildman–Crippen MR) is 71.7 cm³/mol. The van der Waals surface area contributed by atoms with Crippen LogP contribution in [0.4, 0.5) is 0 Å². The summed E-state index contributed by atoms with van der Waals surface area (Å²) in [7, 11) is 0. The third-order valence-electron chi connectivity index (χ3n) is 3.10. The van der Waals surface area contributed by atoms with Crippen molar-refractivity contribution >= 4 is 17.8 Å². The van der Waals surface area contributed by atoms with Gasteiger partial charge in [0.15, 0.2) is 0 Å². The molecule has 116 valence electrons. The highest BCUT2D eigenvalue weighted by Crippen LogP contribution is 2.05. The van der Waals surface area contributed by atoms with Crippen molar-refractivity contribution in [1.29, 1.82) is 0 Å². The Morgan fingerprint density at radius 1 is 1.15 bits per heavy atom. The SMILES string of the molecule is CCC(C)C(N)C(=O)NC(CO)C(=O)NC(C)C(=O)O. The van der Waals surface area contributed by atoms with Crippen LogP contribution in [-0.4, -0.2) is 52.7 Å². The number of nitrogens with one attached hydrogen (secondary N) is 2. The number of carbonyl (C=O) groups excluding carboxylic acids is 2. The zero-order valence-electron chi connectivity index (χ0n) is 11.9. The topological polar surface area (TPSA) is 142 Å². The molecule has 0 bridgehead atoms. The predicted octanol–water partition coefficient (Wildman–Crippen LogP) is -1.57. The summed E-state index contributed by atoms with van der Waals surface area (Å²) in [5, 5.41) is 22.3. The molecule has 0 aromatic heterocycles. The van der Waals surface area contributed by atoms with E-state index in [0.717, 1.165) is 0 Å². The highest BCUT2D eigenvalue weighted by atomic mass is 16.4. The largest absolute Gasteiger partial charge is 0.480 e. The van der Waals surface area contributed by atoms with Crippen molar-refractivity contribution in [1.82, 2.24) is 10.6 Å². The Morgan fingerprint density at radius 2 is 1.70 bits per heavy atom. The highest BCUT2D eigenvalue weighted by molar-refractivity contribution is 5.91. The number of aliphatic carboxylic acids is 1. The van der Waals surface area contributed by atoms with Crippen molar-refractivity contribution < 1.29 is 24.6 Å². The van der Waals surface area contributed by atoms with Crippen LogP contribution in [0.3, 0.4) is 0 Å². The molecule has 0 aliphatic carbocycles. The number of amides is 2. The summed E-state index contributed by atoms with van der Waals surface area (Å²) < 4.78 is 0. The molecular weight excluding hydrogens is 266 g/mol. The van der Waals surface area contributed by atoms with Gasteiger partial charge in [-0.3, -0.25) is 14.4 Å². The van der Waals surface area contributed by atoms with E-state index in [2.05, 4.69) is 10.6 Å². The zero-order valence-corrected chi connectivity index (χ0v) is 11.9. The zero-order chi connectivity index (χ0) is 15.9. The molecule has 0 aromatic rings. The van der Waals surface area contributed by atoms with Crippen LogP contribution in [0.5, 0.6) is 0 Å². The fraction of sp³-hybridized carbons (Fsp3) is 0.750. The number of aliphatic hydroxyl groups excluding tert-OH is 1. The second kappa shape index (κ2) is 8.49. The van der Waals surface area contributed by atoms with E-state index in [-0.39, 0.29) is 5.92 Å². The minimum Gasteiger partial charge on any atom is -0.480 e. The highest BCUT2D eigenvalue weighted by Gasteiger charge is 2.27. The molecule has 6 N–H and O–H groups in total.